The lowest BCUT2D eigenvalue weighted by atomic mass is 9.89. The minimum Gasteiger partial charge on any atom is -0.480 e. The van der Waals surface area contributed by atoms with Crippen molar-refractivity contribution in [1.29, 1.82) is 0 Å². The molecule has 3 N–H and O–H groups in total. The number of likely N-dealkylation sites (N-methyl/N-ethyl adjacent to an activating group) is 2. The lowest BCUT2D eigenvalue weighted by Crippen LogP contribution is -2.60. The standard InChI is InChI=1S/C49H78N6O8/c1-14-33(8)44(54(11)48(59)42(31(4)5)52-47(58)43(32(6)7)53(10)29-36-22-23-50-37(26-36)25-30(2)3)40(62-12)28-41(56)55-24-18-21-39(55)45(63-13)34(9)46(57)51-38(49(60)61)27-35-19-16-15-17-20-35/h15-17,19-20,22-23,26,30-34,38-40,42-45H,14,18,21,24-25,27-29H2,1-13H3,(H,51,57)(H,52,58)(H,60,61)/t33-,34+,38-,39-,40+,42-,43-,44-,45+/m0/s1. The van der Waals surface area contributed by atoms with Crippen molar-refractivity contribution < 1.29 is 38.6 Å². The number of nitrogens with one attached hydrogen (secondary N) is 2. The van der Waals surface area contributed by atoms with Gasteiger partial charge in [0.1, 0.15) is 12.1 Å². The molecule has 352 valence electrons. The summed E-state index contributed by atoms with van der Waals surface area (Å²) < 4.78 is 12.0. The van der Waals surface area contributed by atoms with Gasteiger partial charge in [-0.05, 0) is 73.2 Å². The van der Waals surface area contributed by atoms with Crippen molar-refractivity contribution >= 4 is 29.6 Å². The second kappa shape index (κ2) is 25.2. The molecule has 1 aromatic heterocycles. The number of carbonyl (C=O) groups excluding carboxylic acids is 4. The van der Waals surface area contributed by atoms with E-state index in [4.69, 9.17) is 9.47 Å². The number of methoxy groups -OCH3 is 2. The molecule has 1 saturated heterocycles. The summed E-state index contributed by atoms with van der Waals surface area (Å²) in [5, 5.41) is 15.8. The number of aromatic nitrogens is 1. The van der Waals surface area contributed by atoms with Crippen molar-refractivity contribution in [1.82, 2.24) is 30.3 Å². The molecule has 0 spiro atoms. The fourth-order valence-corrected chi connectivity index (χ4v) is 9.19. The number of rotatable bonds is 25. The highest BCUT2D eigenvalue weighted by molar-refractivity contribution is 5.90. The molecule has 0 bridgehead atoms. The minimum atomic E-state index is -1.14. The zero-order valence-corrected chi connectivity index (χ0v) is 40.3. The topological polar surface area (TPSA) is 171 Å². The van der Waals surface area contributed by atoms with Gasteiger partial charge in [-0.3, -0.25) is 29.1 Å². The third-order valence-electron chi connectivity index (χ3n) is 12.7. The number of carboxylic acids is 1. The Balaban J connectivity index is 1.78. The van der Waals surface area contributed by atoms with Gasteiger partial charge < -0.3 is 35.0 Å². The van der Waals surface area contributed by atoms with Crippen LogP contribution >= 0.6 is 0 Å². The fourth-order valence-electron chi connectivity index (χ4n) is 9.19. The number of aliphatic carboxylic acids is 1. The molecule has 0 radical (unpaired) electrons. The fraction of sp³-hybridized carbons (Fsp3) is 0.673. The highest BCUT2D eigenvalue weighted by atomic mass is 16.5. The summed E-state index contributed by atoms with van der Waals surface area (Å²) in [4.78, 5) is 78.9. The number of hydrogen-bond donors (Lipinski definition) is 3. The van der Waals surface area contributed by atoms with Crippen molar-refractivity contribution in [2.45, 2.75) is 150 Å². The van der Waals surface area contributed by atoms with Crippen molar-refractivity contribution in [2.75, 3.05) is 34.9 Å². The monoisotopic (exact) mass is 879 g/mol. The van der Waals surface area contributed by atoms with E-state index in [-0.39, 0.29) is 48.3 Å². The zero-order valence-electron chi connectivity index (χ0n) is 40.3. The molecule has 1 aromatic carbocycles. The molecule has 1 fully saturated rings. The van der Waals surface area contributed by atoms with E-state index in [1.165, 1.54) is 7.11 Å². The Morgan fingerprint density at radius 2 is 1.54 bits per heavy atom. The van der Waals surface area contributed by atoms with E-state index in [1.54, 1.807) is 30.9 Å². The third-order valence-corrected chi connectivity index (χ3v) is 12.7. The van der Waals surface area contributed by atoms with Gasteiger partial charge in [-0.25, -0.2) is 4.79 Å². The first-order chi connectivity index (χ1) is 29.7. The Morgan fingerprint density at radius 1 is 0.873 bits per heavy atom. The lowest BCUT2D eigenvalue weighted by Gasteiger charge is -2.41. The number of ether oxygens (including phenoxy) is 2. The van der Waals surface area contributed by atoms with Crippen LogP contribution in [-0.4, -0.2) is 132 Å². The molecule has 1 aliphatic heterocycles. The Morgan fingerprint density at radius 3 is 2.10 bits per heavy atom. The predicted octanol–water partition coefficient (Wildman–Crippen LogP) is 5.61. The number of benzene rings is 1. The highest BCUT2D eigenvalue weighted by Crippen LogP contribution is 2.30. The molecule has 0 unspecified atom stereocenters. The van der Waals surface area contributed by atoms with Gasteiger partial charge in [0.25, 0.3) is 0 Å². The Kier molecular flexibility index (Phi) is 21.2. The van der Waals surface area contributed by atoms with E-state index in [9.17, 15) is 29.1 Å². The summed E-state index contributed by atoms with van der Waals surface area (Å²) >= 11 is 0. The van der Waals surface area contributed by atoms with Crippen LogP contribution in [0, 0.1) is 29.6 Å². The second-order valence-corrected chi connectivity index (χ2v) is 18.8. The Bertz CT molecular complexity index is 1770. The van der Waals surface area contributed by atoms with Crippen LogP contribution in [-0.2, 0) is 52.8 Å². The van der Waals surface area contributed by atoms with Crippen LogP contribution in [0.3, 0.4) is 0 Å². The molecule has 2 heterocycles. The maximum Gasteiger partial charge on any atom is 0.326 e. The van der Waals surface area contributed by atoms with E-state index in [0.717, 1.165) is 23.2 Å². The average Bonchev–Trinajstić information content (AvgIpc) is 3.71. The first-order valence-electron chi connectivity index (χ1n) is 22.9. The van der Waals surface area contributed by atoms with Crippen LogP contribution in [0.5, 0.6) is 0 Å². The molecular weight excluding hydrogens is 801 g/mol. The predicted molar refractivity (Wildman–Crippen MR) is 245 cm³/mol. The smallest absolute Gasteiger partial charge is 0.326 e. The van der Waals surface area contributed by atoms with Crippen molar-refractivity contribution in [2.24, 2.45) is 29.6 Å². The normalized spacial score (nSPS) is 18.1. The van der Waals surface area contributed by atoms with Crippen LogP contribution in [0.4, 0.5) is 0 Å². The van der Waals surface area contributed by atoms with Crippen molar-refractivity contribution in [3.8, 4) is 0 Å². The Hall–Kier alpha value is -4.40. The van der Waals surface area contributed by atoms with Crippen LogP contribution in [0.25, 0.3) is 0 Å². The van der Waals surface area contributed by atoms with Gasteiger partial charge in [-0.2, -0.15) is 0 Å². The van der Waals surface area contributed by atoms with E-state index >= 15 is 0 Å². The number of carbonyl (C=O) groups is 5. The summed E-state index contributed by atoms with van der Waals surface area (Å²) in [5.41, 5.74) is 2.86. The average molecular weight is 879 g/mol. The van der Waals surface area contributed by atoms with Gasteiger partial charge >= 0.3 is 5.97 Å². The van der Waals surface area contributed by atoms with E-state index in [1.807, 2.05) is 96.1 Å². The molecule has 0 saturated carbocycles. The molecule has 1 aliphatic rings. The number of nitrogens with zero attached hydrogens (tertiary/aromatic N) is 4. The number of pyridine rings is 1. The summed E-state index contributed by atoms with van der Waals surface area (Å²) in [6.45, 7) is 18.9. The number of likely N-dealkylation sites (tertiary alicyclic amines) is 1. The van der Waals surface area contributed by atoms with Gasteiger partial charge in [0, 0.05) is 52.7 Å². The van der Waals surface area contributed by atoms with Crippen LogP contribution < -0.4 is 10.6 Å². The van der Waals surface area contributed by atoms with E-state index in [2.05, 4.69) is 35.5 Å². The van der Waals surface area contributed by atoms with Gasteiger partial charge in [0.2, 0.25) is 23.6 Å². The molecule has 3 rings (SSSR count). The largest absolute Gasteiger partial charge is 0.480 e. The van der Waals surface area contributed by atoms with E-state index in [0.29, 0.717) is 38.3 Å². The van der Waals surface area contributed by atoms with Gasteiger partial charge in [0.15, 0.2) is 0 Å². The lowest BCUT2D eigenvalue weighted by molar-refractivity contribution is -0.148. The summed E-state index contributed by atoms with van der Waals surface area (Å²) in [6.07, 6.45) is 3.41. The molecule has 63 heavy (non-hydrogen) atoms. The van der Waals surface area contributed by atoms with Crippen LogP contribution in [0.15, 0.2) is 48.7 Å². The number of hydrogen-bond acceptors (Lipinski definition) is 9. The maximum atomic E-state index is 14.6. The molecule has 4 amide bonds. The summed E-state index contributed by atoms with van der Waals surface area (Å²) in [6, 6.07) is 9.76. The number of amides is 4. The first kappa shape index (κ1) is 52.9. The SMILES string of the molecule is CC[C@H](C)[C@@H]([C@@H](CC(=O)N1CCC[C@H]1[C@H](OC)[C@@H](C)C(=O)N[C@@H](Cc1ccccc1)C(=O)O)OC)N(C)C(=O)[C@@H](NC(=O)[C@H](C(C)C)N(C)Cc1ccnc(CC(C)C)c1)C(C)C. The quantitative estimate of drug-likeness (QED) is 0.114. The van der Waals surface area contributed by atoms with E-state index < -0.39 is 60.2 Å². The minimum absolute atomic E-state index is 0.0262. The molecule has 14 nitrogen and oxygen atoms in total. The van der Waals surface area contributed by atoms with Crippen molar-refractivity contribution in [3.05, 3.63) is 65.5 Å². The van der Waals surface area contributed by atoms with Gasteiger partial charge in [0.05, 0.1) is 42.7 Å². The third kappa shape index (κ3) is 14.8. The molecule has 2 aromatic rings. The van der Waals surface area contributed by atoms with Gasteiger partial charge in [-0.15, -0.1) is 0 Å². The maximum absolute atomic E-state index is 14.6. The van der Waals surface area contributed by atoms with Crippen LogP contribution in [0.1, 0.15) is 105 Å². The first-order valence-corrected chi connectivity index (χ1v) is 22.9. The van der Waals surface area contributed by atoms with Crippen molar-refractivity contribution in [3.63, 3.8) is 0 Å². The summed E-state index contributed by atoms with van der Waals surface area (Å²) in [5.74, 6) is -2.95. The van der Waals surface area contributed by atoms with Gasteiger partial charge in [-0.1, -0.05) is 99.1 Å². The molecule has 14 heteroatoms. The second-order valence-electron chi connectivity index (χ2n) is 18.8. The zero-order chi connectivity index (χ0) is 47.1. The summed E-state index contributed by atoms with van der Waals surface area (Å²) in [7, 11) is 6.71. The highest BCUT2D eigenvalue weighted by Gasteiger charge is 2.43. The number of carboxylic acid groups (broad SMARTS) is 1. The van der Waals surface area contributed by atoms with Crippen LogP contribution in [0.2, 0.25) is 0 Å². The Labute approximate surface area is 377 Å². The molecule has 9 atom stereocenters. The molecule has 0 aliphatic carbocycles. The molecular formula is C49H78N6O8.